The first-order valence-corrected chi connectivity index (χ1v) is 19.3. The van der Waals surface area contributed by atoms with Gasteiger partial charge in [0.05, 0.1) is 22.4 Å². The molecule has 0 bridgehead atoms. The van der Waals surface area contributed by atoms with Crippen LogP contribution in [0.4, 0.5) is 0 Å². The van der Waals surface area contributed by atoms with Crippen LogP contribution in [0.5, 0.6) is 0 Å². The van der Waals surface area contributed by atoms with Gasteiger partial charge in [-0.1, -0.05) is 114 Å². The normalized spacial score (nSPS) is 18.8. The van der Waals surface area contributed by atoms with Gasteiger partial charge < -0.3 is 18.6 Å². The minimum Gasteiger partial charge on any atom is -0.399 e. The van der Waals surface area contributed by atoms with Gasteiger partial charge in [-0.15, -0.1) is 0 Å². The Morgan fingerprint density at radius 1 is 0.370 bits per heavy atom. The topological polar surface area (TPSA) is 36.9 Å². The first kappa shape index (κ1) is 35.3. The lowest BCUT2D eigenvalue weighted by atomic mass is 9.76. The Balaban J connectivity index is 1.32. The summed E-state index contributed by atoms with van der Waals surface area (Å²) in [6.07, 6.45) is 0. The molecular formula is C48H48B2O4. The molecule has 270 valence electrons. The van der Waals surface area contributed by atoms with Gasteiger partial charge in [-0.2, -0.15) is 0 Å². The van der Waals surface area contributed by atoms with Crippen molar-refractivity contribution in [3.8, 4) is 22.3 Å². The third-order valence-electron chi connectivity index (χ3n) is 12.7. The van der Waals surface area contributed by atoms with Crippen molar-refractivity contribution in [3.05, 3.63) is 120 Å². The maximum atomic E-state index is 6.57. The fourth-order valence-electron chi connectivity index (χ4n) is 8.31. The highest BCUT2D eigenvalue weighted by Crippen LogP contribution is 2.44. The molecule has 2 saturated heterocycles. The molecule has 0 amide bonds. The molecule has 0 unspecified atom stereocenters. The van der Waals surface area contributed by atoms with E-state index in [1.54, 1.807) is 0 Å². The second kappa shape index (κ2) is 12.0. The van der Waals surface area contributed by atoms with Crippen molar-refractivity contribution >= 4 is 68.3 Å². The summed E-state index contributed by atoms with van der Waals surface area (Å²) >= 11 is 0. The lowest BCUT2D eigenvalue weighted by molar-refractivity contribution is 0.00578. The van der Waals surface area contributed by atoms with Gasteiger partial charge >= 0.3 is 14.2 Å². The molecule has 0 radical (unpaired) electrons. The maximum absolute atomic E-state index is 6.57. The average Bonchev–Trinajstić information content (AvgIpc) is 3.48. The smallest absolute Gasteiger partial charge is 0.399 e. The average molecular weight is 711 g/mol. The van der Waals surface area contributed by atoms with E-state index < -0.39 is 36.6 Å². The zero-order valence-corrected chi connectivity index (χ0v) is 33.2. The van der Waals surface area contributed by atoms with Crippen LogP contribution in [0.3, 0.4) is 0 Å². The molecule has 0 atom stereocenters. The van der Waals surface area contributed by atoms with Crippen LogP contribution >= 0.6 is 0 Å². The minimum absolute atomic E-state index is 0.432. The monoisotopic (exact) mass is 710 g/mol. The first-order chi connectivity index (χ1) is 25.5. The first-order valence-electron chi connectivity index (χ1n) is 19.3. The molecule has 0 aromatic heterocycles. The zero-order valence-electron chi connectivity index (χ0n) is 33.2. The van der Waals surface area contributed by atoms with E-state index in [4.69, 9.17) is 18.6 Å². The number of hydrogen-bond donors (Lipinski definition) is 0. The van der Waals surface area contributed by atoms with Gasteiger partial charge in [0.15, 0.2) is 0 Å². The summed E-state index contributed by atoms with van der Waals surface area (Å²) in [6, 6.07) is 40.6. The predicted molar refractivity (Wildman–Crippen MR) is 228 cm³/mol. The highest BCUT2D eigenvalue weighted by molar-refractivity contribution is 6.63. The van der Waals surface area contributed by atoms with Crippen LogP contribution < -0.4 is 10.9 Å². The quantitative estimate of drug-likeness (QED) is 0.104. The molecule has 6 heteroatoms. The molecule has 4 nitrogen and oxygen atoms in total. The predicted octanol–water partition coefficient (Wildman–Crippen LogP) is 10.8. The summed E-state index contributed by atoms with van der Waals surface area (Å²) in [5.41, 5.74) is 7.66. The van der Waals surface area contributed by atoms with Crippen molar-refractivity contribution in [3.63, 3.8) is 0 Å². The van der Waals surface area contributed by atoms with Gasteiger partial charge in [-0.05, 0) is 152 Å². The second-order valence-corrected chi connectivity index (χ2v) is 17.7. The summed E-state index contributed by atoms with van der Waals surface area (Å²) in [4.78, 5) is 0. The molecule has 2 heterocycles. The van der Waals surface area contributed by atoms with Gasteiger partial charge in [0.1, 0.15) is 0 Å². The highest BCUT2D eigenvalue weighted by Gasteiger charge is 2.52. The zero-order chi connectivity index (χ0) is 37.9. The SMILES string of the molecule is Cc1cc(C)cc(-c2ccc(-c3c4c(ccc5ccc(B6OC(C)(C)C(C)(C)O6)cc54)cc4ccc5ccc(B6OC(C)(C)C(C)(C)O6)cc5c34)cc2)c1. The second-order valence-electron chi connectivity index (χ2n) is 17.7. The molecule has 2 aliphatic rings. The van der Waals surface area contributed by atoms with Crippen LogP contribution in [-0.2, 0) is 18.6 Å². The van der Waals surface area contributed by atoms with E-state index in [-0.39, 0.29) is 0 Å². The third kappa shape index (κ3) is 5.61. The lowest BCUT2D eigenvalue weighted by Crippen LogP contribution is -2.41. The molecule has 2 fully saturated rings. The molecule has 7 aromatic carbocycles. The largest absolute Gasteiger partial charge is 0.494 e. The summed E-state index contributed by atoms with van der Waals surface area (Å²) in [7, 11) is -0.919. The Labute approximate surface area is 320 Å². The standard InChI is InChI=1S/C48H48B2O4/c1-29-23-30(2)25-37(24-29)31-11-15-34(16-12-31)44-42-35(17-13-32-19-21-38(27-40(32)42)49-51-45(3,4)46(5,6)52-49)26-36-18-14-33-20-22-39(28-41(33)43(36)44)50-53-47(7,8)48(9,10)54-50/h11-28H,1-10H3. The molecule has 0 aliphatic carbocycles. The van der Waals surface area contributed by atoms with Crippen molar-refractivity contribution in [2.45, 2.75) is 91.6 Å². The van der Waals surface area contributed by atoms with Gasteiger partial charge in [0.25, 0.3) is 0 Å². The number of rotatable bonds is 4. The van der Waals surface area contributed by atoms with E-state index in [0.717, 1.165) is 10.9 Å². The molecule has 7 aromatic rings. The number of fused-ring (bicyclic) bond motifs is 6. The van der Waals surface area contributed by atoms with Crippen LogP contribution in [0.1, 0.15) is 66.5 Å². The fraction of sp³-hybridized carbons (Fsp3) is 0.292. The highest BCUT2D eigenvalue weighted by atomic mass is 16.7. The van der Waals surface area contributed by atoms with Gasteiger partial charge in [-0.3, -0.25) is 0 Å². The number of aryl methyl sites for hydroxylation is 2. The van der Waals surface area contributed by atoms with Crippen molar-refractivity contribution in [2.75, 3.05) is 0 Å². The third-order valence-corrected chi connectivity index (χ3v) is 12.7. The van der Waals surface area contributed by atoms with Crippen LogP contribution in [0.2, 0.25) is 0 Å². The van der Waals surface area contributed by atoms with Crippen molar-refractivity contribution in [1.29, 1.82) is 0 Å². The lowest BCUT2D eigenvalue weighted by Gasteiger charge is -2.32. The van der Waals surface area contributed by atoms with Crippen molar-refractivity contribution < 1.29 is 18.6 Å². The number of benzene rings is 7. The minimum atomic E-state index is -0.459. The van der Waals surface area contributed by atoms with Crippen molar-refractivity contribution in [2.24, 2.45) is 0 Å². The van der Waals surface area contributed by atoms with E-state index in [1.807, 2.05) is 0 Å². The summed E-state index contributed by atoms with van der Waals surface area (Å²) in [6.45, 7) is 21.2. The summed E-state index contributed by atoms with van der Waals surface area (Å²) in [5, 5.41) is 9.51. The van der Waals surface area contributed by atoms with E-state index in [1.165, 1.54) is 76.5 Å². The van der Waals surface area contributed by atoms with Gasteiger partial charge in [-0.25, -0.2) is 0 Å². The molecule has 54 heavy (non-hydrogen) atoms. The Bertz CT molecular complexity index is 2470. The van der Waals surface area contributed by atoms with Gasteiger partial charge in [0.2, 0.25) is 0 Å². The Morgan fingerprint density at radius 3 is 1.17 bits per heavy atom. The number of hydrogen-bond acceptors (Lipinski definition) is 4. The Morgan fingerprint density at radius 2 is 0.741 bits per heavy atom. The van der Waals surface area contributed by atoms with Crippen LogP contribution in [0.25, 0.3) is 65.3 Å². The van der Waals surface area contributed by atoms with E-state index >= 15 is 0 Å². The molecule has 0 N–H and O–H groups in total. The molecular weight excluding hydrogens is 662 g/mol. The molecule has 0 spiro atoms. The van der Waals surface area contributed by atoms with E-state index in [9.17, 15) is 0 Å². The summed E-state index contributed by atoms with van der Waals surface area (Å²) in [5.74, 6) is 0. The van der Waals surface area contributed by atoms with E-state index in [2.05, 4.69) is 178 Å². The summed E-state index contributed by atoms with van der Waals surface area (Å²) < 4.78 is 26.3. The fourth-order valence-corrected chi connectivity index (χ4v) is 8.31. The van der Waals surface area contributed by atoms with Crippen LogP contribution in [0.15, 0.2) is 109 Å². The van der Waals surface area contributed by atoms with E-state index in [0.29, 0.717) is 0 Å². The van der Waals surface area contributed by atoms with Crippen molar-refractivity contribution in [1.82, 2.24) is 0 Å². The molecule has 9 rings (SSSR count). The Hall–Kier alpha value is -4.45. The van der Waals surface area contributed by atoms with Crippen LogP contribution in [-0.4, -0.2) is 36.6 Å². The Kier molecular flexibility index (Phi) is 7.85. The van der Waals surface area contributed by atoms with Crippen LogP contribution in [0, 0.1) is 13.8 Å². The van der Waals surface area contributed by atoms with Gasteiger partial charge in [0, 0.05) is 0 Å². The maximum Gasteiger partial charge on any atom is 0.494 e. The molecule has 0 saturated carbocycles. The molecule has 2 aliphatic heterocycles.